The lowest BCUT2D eigenvalue weighted by molar-refractivity contribution is 0.272. The molecule has 13 heavy (non-hydrogen) atoms. The van der Waals surface area contributed by atoms with E-state index in [9.17, 15) is 0 Å². The van der Waals surface area contributed by atoms with Crippen LogP contribution in [-0.2, 0) is 0 Å². The second kappa shape index (κ2) is 4.19. The Morgan fingerprint density at radius 2 is 2.31 bits per heavy atom. The smallest absolute Gasteiger partial charge is 0.161 e. The van der Waals surface area contributed by atoms with Crippen molar-refractivity contribution in [3.05, 3.63) is 35.9 Å². The number of anilines is 1. The Hall–Kier alpha value is -1.15. The topological polar surface area (TPSA) is 35.2 Å². The molecule has 1 aromatic carbocycles. The zero-order valence-corrected chi connectivity index (χ0v) is 8.21. The molecule has 0 aliphatic carbocycles. The normalized spacial score (nSPS) is 12.2. The Morgan fingerprint density at radius 3 is 2.85 bits per heavy atom. The van der Waals surface area contributed by atoms with Crippen molar-refractivity contribution >= 4 is 17.3 Å². The zero-order valence-electron chi connectivity index (χ0n) is 7.46. The molecular formula is C10H12ClNO. The molecule has 2 N–H and O–H groups in total. The second-order valence-electron chi connectivity index (χ2n) is 2.72. The lowest BCUT2D eigenvalue weighted by Gasteiger charge is -2.13. The largest absolute Gasteiger partial charge is 0.483 e. The van der Waals surface area contributed by atoms with E-state index in [2.05, 4.69) is 6.58 Å². The maximum absolute atomic E-state index is 5.89. The molecule has 1 aromatic rings. The van der Waals surface area contributed by atoms with E-state index in [1.54, 1.807) is 24.3 Å². The second-order valence-corrected chi connectivity index (χ2v) is 3.12. The highest BCUT2D eigenvalue weighted by molar-refractivity contribution is 6.32. The number of halogens is 1. The number of hydrogen-bond donors (Lipinski definition) is 1. The van der Waals surface area contributed by atoms with Crippen molar-refractivity contribution in [3.8, 4) is 5.75 Å². The van der Waals surface area contributed by atoms with E-state index < -0.39 is 0 Å². The van der Waals surface area contributed by atoms with Crippen molar-refractivity contribution in [1.29, 1.82) is 0 Å². The first-order valence-electron chi connectivity index (χ1n) is 3.98. The highest BCUT2D eigenvalue weighted by Gasteiger charge is 2.07. The molecule has 0 fully saturated rings. The van der Waals surface area contributed by atoms with Crippen LogP contribution in [-0.4, -0.2) is 6.10 Å². The quantitative estimate of drug-likeness (QED) is 0.598. The molecule has 1 atom stereocenters. The number of nitrogen functional groups attached to an aromatic ring is 1. The number of benzene rings is 1. The molecule has 0 spiro atoms. The van der Waals surface area contributed by atoms with Crippen molar-refractivity contribution in [2.45, 2.75) is 13.0 Å². The Kier molecular flexibility index (Phi) is 3.20. The molecular weight excluding hydrogens is 186 g/mol. The van der Waals surface area contributed by atoms with Gasteiger partial charge < -0.3 is 10.5 Å². The van der Waals surface area contributed by atoms with Crippen molar-refractivity contribution in [1.82, 2.24) is 0 Å². The van der Waals surface area contributed by atoms with Crippen LogP contribution in [0.4, 0.5) is 5.69 Å². The number of nitrogens with two attached hydrogens (primary N) is 1. The molecule has 0 aromatic heterocycles. The number of rotatable bonds is 3. The molecule has 3 heteroatoms. The molecule has 0 saturated heterocycles. The molecule has 1 unspecified atom stereocenters. The predicted molar refractivity (Wildman–Crippen MR) is 56.2 cm³/mol. The Bertz CT molecular complexity index is 292. The summed E-state index contributed by atoms with van der Waals surface area (Å²) < 4.78 is 5.45. The average Bonchev–Trinajstić information content (AvgIpc) is 2.11. The Labute approximate surface area is 83.0 Å². The van der Waals surface area contributed by atoms with E-state index in [-0.39, 0.29) is 6.10 Å². The van der Waals surface area contributed by atoms with Gasteiger partial charge in [0.1, 0.15) is 6.10 Å². The van der Waals surface area contributed by atoms with Crippen LogP contribution in [0.3, 0.4) is 0 Å². The Morgan fingerprint density at radius 1 is 1.62 bits per heavy atom. The van der Waals surface area contributed by atoms with Gasteiger partial charge in [0.05, 0.1) is 10.7 Å². The molecule has 0 heterocycles. The number of ether oxygens (including phenoxy) is 1. The third kappa shape index (κ3) is 2.39. The minimum absolute atomic E-state index is 0.0952. The fourth-order valence-electron chi connectivity index (χ4n) is 0.884. The zero-order chi connectivity index (χ0) is 9.84. The van der Waals surface area contributed by atoms with Crippen LogP contribution >= 0.6 is 11.6 Å². The first-order valence-corrected chi connectivity index (χ1v) is 4.36. The van der Waals surface area contributed by atoms with Gasteiger partial charge in [-0.05, 0) is 19.1 Å². The first-order chi connectivity index (χ1) is 6.15. The SMILES string of the molecule is C=CC(C)Oc1c(N)cccc1Cl. The van der Waals surface area contributed by atoms with Gasteiger partial charge in [-0.1, -0.05) is 30.3 Å². The maximum atomic E-state index is 5.89. The third-order valence-corrected chi connectivity index (χ3v) is 1.93. The maximum Gasteiger partial charge on any atom is 0.161 e. The lowest BCUT2D eigenvalue weighted by Crippen LogP contribution is -2.09. The van der Waals surface area contributed by atoms with Gasteiger partial charge in [-0.15, -0.1) is 0 Å². The summed E-state index contributed by atoms with van der Waals surface area (Å²) in [6.45, 7) is 5.48. The van der Waals surface area contributed by atoms with Gasteiger partial charge >= 0.3 is 0 Å². The molecule has 0 aliphatic rings. The molecule has 0 aliphatic heterocycles. The van der Waals surface area contributed by atoms with E-state index in [1.165, 1.54) is 0 Å². The van der Waals surface area contributed by atoms with E-state index >= 15 is 0 Å². The van der Waals surface area contributed by atoms with Crippen LogP contribution in [0.15, 0.2) is 30.9 Å². The monoisotopic (exact) mass is 197 g/mol. The molecule has 0 saturated carbocycles. The van der Waals surface area contributed by atoms with Crippen LogP contribution in [0.5, 0.6) is 5.75 Å². The van der Waals surface area contributed by atoms with Gasteiger partial charge in [-0.3, -0.25) is 0 Å². The summed E-state index contributed by atoms with van der Waals surface area (Å²) in [5.74, 6) is 0.525. The standard InChI is InChI=1S/C10H12ClNO/c1-3-7(2)13-10-8(11)5-4-6-9(10)12/h3-7H,1,12H2,2H3. The van der Waals surface area contributed by atoms with Crippen LogP contribution in [0.1, 0.15) is 6.92 Å². The van der Waals surface area contributed by atoms with E-state index in [4.69, 9.17) is 22.1 Å². The highest BCUT2D eigenvalue weighted by atomic mass is 35.5. The average molecular weight is 198 g/mol. The molecule has 2 nitrogen and oxygen atoms in total. The van der Waals surface area contributed by atoms with Crippen molar-refractivity contribution in [3.63, 3.8) is 0 Å². The molecule has 0 bridgehead atoms. The minimum Gasteiger partial charge on any atom is -0.483 e. The first kappa shape index (κ1) is 9.93. The predicted octanol–water partition coefficient (Wildman–Crippen LogP) is 2.88. The fourth-order valence-corrected chi connectivity index (χ4v) is 1.11. The van der Waals surface area contributed by atoms with Gasteiger partial charge in [0.15, 0.2) is 5.75 Å². The summed E-state index contributed by atoms with van der Waals surface area (Å²) in [7, 11) is 0. The van der Waals surface area contributed by atoms with Gasteiger partial charge in [0.2, 0.25) is 0 Å². The van der Waals surface area contributed by atoms with Gasteiger partial charge in [0, 0.05) is 0 Å². The van der Waals surface area contributed by atoms with Crippen molar-refractivity contribution in [2.75, 3.05) is 5.73 Å². The van der Waals surface area contributed by atoms with Crippen molar-refractivity contribution < 1.29 is 4.74 Å². The van der Waals surface area contributed by atoms with Crippen LogP contribution in [0.25, 0.3) is 0 Å². The summed E-state index contributed by atoms with van der Waals surface area (Å²) in [6.07, 6.45) is 1.59. The van der Waals surface area contributed by atoms with E-state index in [0.29, 0.717) is 16.5 Å². The molecule has 0 radical (unpaired) electrons. The molecule has 0 amide bonds. The van der Waals surface area contributed by atoms with Gasteiger partial charge in [0.25, 0.3) is 0 Å². The molecule has 70 valence electrons. The van der Waals surface area contributed by atoms with Crippen LogP contribution in [0, 0.1) is 0 Å². The van der Waals surface area contributed by atoms with Gasteiger partial charge in [-0.2, -0.15) is 0 Å². The third-order valence-electron chi connectivity index (χ3n) is 1.63. The summed E-state index contributed by atoms with van der Waals surface area (Å²) in [5.41, 5.74) is 6.22. The van der Waals surface area contributed by atoms with E-state index in [0.717, 1.165) is 0 Å². The summed E-state index contributed by atoms with van der Waals surface area (Å²) in [6, 6.07) is 5.27. The summed E-state index contributed by atoms with van der Waals surface area (Å²) in [5, 5.41) is 0.522. The van der Waals surface area contributed by atoms with E-state index in [1.807, 2.05) is 6.92 Å². The number of para-hydroxylation sites is 1. The fraction of sp³-hybridized carbons (Fsp3) is 0.200. The lowest BCUT2D eigenvalue weighted by atomic mass is 10.3. The van der Waals surface area contributed by atoms with Crippen LogP contribution in [0.2, 0.25) is 5.02 Å². The van der Waals surface area contributed by atoms with Crippen LogP contribution < -0.4 is 10.5 Å². The number of hydrogen-bond acceptors (Lipinski definition) is 2. The highest BCUT2D eigenvalue weighted by Crippen LogP contribution is 2.31. The van der Waals surface area contributed by atoms with Crippen molar-refractivity contribution in [2.24, 2.45) is 0 Å². The van der Waals surface area contributed by atoms with Gasteiger partial charge in [-0.25, -0.2) is 0 Å². The summed E-state index contributed by atoms with van der Waals surface area (Å²) >= 11 is 5.89. The Balaban J connectivity index is 2.93. The molecule has 1 rings (SSSR count). The minimum atomic E-state index is -0.0952. The summed E-state index contributed by atoms with van der Waals surface area (Å²) in [4.78, 5) is 0.